The number of nitrogens with one attached hydrogen (secondary N) is 1. The standard InChI is InChI=1S/C12H8N2OS/c13-11-9(12-14-5-6-16-12)7-8-3-1-2-4-10(8)15-11/h1-7,13H. The molecule has 2 aromatic heterocycles. The summed E-state index contributed by atoms with van der Waals surface area (Å²) in [5.41, 5.74) is 1.63. The van der Waals surface area contributed by atoms with E-state index in [2.05, 4.69) is 4.98 Å². The van der Waals surface area contributed by atoms with Crippen molar-refractivity contribution < 1.29 is 4.42 Å². The van der Waals surface area contributed by atoms with Crippen molar-refractivity contribution in [1.82, 2.24) is 4.98 Å². The molecule has 1 N–H and O–H groups in total. The van der Waals surface area contributed by atoms with E-state index in [0.717, 1.165) is 21.5 Å². The maximum atomic E-state index is 7.83. The van der Waals surface area contributed by atoms with Crippen molar-refractivity contribution in [2.45, 2.75) is 0 Å². The van der Waals surface area contributed by atoms with Crippen LogP contribution in [0.25, 0.3) is 21.5 Å². The Bertz CT molecular complexity index is 686. The highest BCUT2D eigenvalue weighted by Crippen LogP contribution is 2.22. The quantitative estimate of drug-likeness (QED) is 0.696. The lowest BCUT2D eigenvalue weighted by Gasteiger charge is -2.00. The van der Waals surface area contributed by atoms with Gasteiger partial charge in [-0.2, -0.15) is 0 Å². The lowest BCUT2D eigenvalue weighted by atomic mass is 10.2. The Labute approximate surface area is 95.5 Å². The van der Waals surface area contributed by atoms with Gasteiger partial charge in [0.05, 0.1) is 5.56 Å². The van der Waals surface area contributed by atoms with Crippen LogP contribution in [0.1, 0.15) is 0 Å². The monoisotopic (exact) mass is 228 g/mol. The average Bonchev–Trinajstić information content (AvgIpc) is 2.81. The van der Waals surface area contributed by atoms with Crippen molar-refractivity contribution in [2.75, 3.05) is 0 Å². The third-order valence-corrected chi connectivity index (χ3v) is 3.14. The van der Waals surface area contributed by atoms with E-state index in [4.69, 9.17) is 9.83 Å². The summed E-state index contributed by atoms with van der Waals surface area (Å²) in [7, 11) is 0. The summed E-state index contributed by atoms with van der Waals surface area (Å²) in [5, 5.41) is 11.5. The molecule has 4 heteroatoms. The van der Waals surface area contributed by atoms with Crippen LogP contribution in [0.3, 0.4) is 0 Å². The molecule has 16 heavy (non-hydrogen) atoms. The van der Waals surface area contributed by atoms with E-state index in [-0.39, 0.29) is 5.55 Å². The SMILES string of the molecule is N=c1oc2ccccc2cc1-c1nccs1. The number of thiazole rings is 1. The molecule has 0 aliphatic rings. The largest absolute Gasteiger partial charge is 0.438 e. The normalized spacial score (nSPS) is 10.8. The second-order valence-electron chi connectivity index (χ2n) is 3.36. The van der Waals surface area contributed by atoms with Crippen LogP contribution < -0.4 is 5.55 Å². The minimum Gasteiger partial charge on any atom is -0.438 e. The highest BCUT2D eigenvalue weighted by Gasteiger charge is 2.06. The Morgan fingerprint density at radius 2 is 2.12 bits per heavy atom. The molecule has 1 aromatic carbocycles. The van der Waals surface area contributed by atoms with E-state index in [1.165, 1.54) is 11.3 Å². The Hall–Kier alpha value is -1.94. The molecule has 0 unspecified atom stereocenters. The highest BCUT2D eigenvalue weighted by molar-refractivity contribution is 7.13. The maximum absolute atomic E-state index is 7.83. The van der Waals surface area contributed by atoms with E-state index in [0.29, 0.717) is 0 Å². The number of nitrogens with zero attached hydrogens (tertiary/aromatic N) is 1. The lowest BCUT2D eigenvalue weighted by molar-refractivity contribution is 0.536. The van der Waals surface area contributed by atoms with E-state index in [9.17, 15) is 0 Å². The smallest absolute Gasteiger partial charge is 0.222 e. The first-order valence-electron chi connectivity index (χ1n) is 4.82. The third-order valence-electron chi connectivity index (χ3n) is 2.34. The van der Waals surface area contributed by atoms with E-state index < -0.39 is 0 Å². The predicted molar refractivity (Wildman–Crippen MR) is 63.2 cm³/mol. The van der Waals surface area contributed by atoms with Crippen LogP contribution in [0.15, 0.2) is 46.3 Å². The topological polar surface area (TPSA) is 49.9 Å². The van der Waals surface area contributed by atoms with Crippen molar-refractivity contribution in [2.24, 2.45) is 0 Å². The molecular formula is C12H8N2OS. The summed E-state index contributed by atoms with van der Waals surface area (Å²) in [5.74, 6) is 0. The third kappa shape index (κ3) is 1.44. The number of para-hydroxylation sites is 1. The molecule has 0 aliphatic heterocycles. The number of hydrogen-bond donors (Lipinski definition) is 1. The first-order chi connectivity index (χ1) is 7.84. The summed E-state index contributed by atoms with van der Waals surface area (Å²) in [6.45, 7) is 0. The zero-order chi connectivity index (χ0) is 11.0. The van der Waals surface area contributed by atoms with Crippen LogP contribution >= 0.6 is 11.3 Å². The molecule has 3 rings (SSSR count). The van der Waals surface area contributed by atoms with Crippen molar-refractivity contribution in [3.63, 3.8) is 0 Å². The Morgan fingerprint density at radius 3 is 2.94 bits per heavy atom. The minimum absolute atomic E-state index is 0.161. The maximum Gasteiger partial charge on any atom is 0.222 e. The fourth-order valence-corrected chi connectivity index (χ4v) is 2.24. The minimum atomic E-state index is 0.161. The van der Waals surface area contributed by atoms with Crippen molar-refractivity contribution in [3.05, 3.63) is 47.5 Å². The van der Waals surface area contributed by atoms with Crippen LogP contribution in [-0.4, -0.2) is 4.98 Å². The second-order valence-corrected chi connectivity index (χ2v) is 4.26. The lowest BCUT2D eigenvalue weighted by Crippen LogP contribution is -2.02. The number of hydrogen-bond acceptors (Lipinski definition) is 4. The Balaban J connectivity index is 2.34. The summed E-state index contributed by atoms with van der Waals surface area (Å²) >= 11 is 1.51. The molecule has 78 valence electrons. The van der Waals surface area contributed by atoms with Gasteiger partial charge in [-0.15, -0.1) is 11.3 Å². The van der Waals surface area contributed by atoms with Gasteiger partial charge in [-0.3, -0.25) is 5.41 Å². The van der Waals surface area contributed by atoms with Crippen LogP contribution in [0.2, 0.25) is 0 Å². The van der Waals surface area contributed by atoms with E-state index >= 15 is 0 Å². The molecule has 3 aromatic rings. The molecule has 0 saturated carbocycles. The molecule has 0 aliphatic carbocycles. The van der Waals surface area contributed by atoms with Crippen LogP contribution in [0.4, 0.5) is 0 Å². The predicted octanol–water partition coefficient (Wildman–Crippen LogP) is 3.04. The van der Waals surface area contributed by atoms with E-state index in [1.807, 2.05) is 35.7 Å². The van der Waals surface area contributed by atoms with Gasteiger partial charge in [-0.1, -0.05) is 18.2 Å². The van der Waals surface area contributed by atoms with Gasteiger partial charge in [0.2, 0.25) is 5.55 Å². The van der Waals surface area contributed by atoms with Gasteiger partial charge >= 0.3 is 0 Å². The molecule has 0 bridgehead atoms. The van der Waals surface area contributed by atoms with Crippen molar-refractivity contribution in [3.8, 4) is 10.6 Å². The number of rotatable bonds is 1. The second kappa shape index (κ2) is 3.57. The van der Waals surface area contributed by atoms with Gasteiger partial charge in [-0.05, 0) is 12.1 Å². The van der Waals surface area contributed by atoms with Gasteiger partial charge in [0.25, 0.3) is 0 Å². The zero-order valence-corrected chi connectivity index (χ0v) is 9.12. The summed E-state index contributed by atoms with van der Waals surface area (Å²) in [6.07, 6.45) is 1.73. The molecule has 0 saturated heterocycles. The Kier molecular flexibility index (Phi) is 2.08. The van der Waals surface area contributed by atoms with Gasteiger partial charge in [0.1, 0.15) is 10.6 Å². The highest BCUT2D eigenvalue weighted by atomic mass is 32.1. The number of aromatic nitrogens is 1. The van der Waals surface area contributed by atoms with Gasteiger partial charge in [0, 0.05) is 17.0 Å². The van der Waals surface area contributed by atoms with Crippen molar-refractivity contribution >= 4 is 22.3 Å². The van der Waals surface area contributed by atoms with E-state index in [1.54, 1.807) is 6.20 Å². The number of benzene rings is 1. The molecule has 0 spiro atoms. The van der Waals surface area contributed by atoms with Crippen LogP contribution in [-0.2, 0) is 0 Å². The van der Waals surface area contributed by atoms with Gasteiger partial charge in [0.15, 0.2) is 0 Å². The van der Waals surface area contributed by atoms with Gasteiger partial charge < -0.3 is 4.42 Å². The van der Waals surface area contributed by atoms with Crippen LogP contribution in [0, 0.1) is 5.41 Å². The summed E-state index contributed by atoms with van der Waals surface area (Å²) in [6, 6.07) is 9.62. The van der Waals surface area contributed by atoms with Gasteiger partial charge in [-0.25, -0.2) is 4.98 Å². The first-order valence-corrected chi connectivity index (χ1v) is 5.70. The molecule has 3 nitrogen and oxygen atoms in total. The fourth-order valence-electron chi connectivity index (χ4n) is 1.59. The molecule has 2 heterocycles. The molecule has 0 radical (unpaired) electrons. The van der Waals surface area contributed by atoms with Crippen LogP contribution in [0.5, 0.6) is 0 Å². The average molecular weight is 228 g/mol. The Morgan fingerprint density at radius 1 is 1.25 bits per heavy atom. The number of fused-ring (bicyclic) bond motifs is 1. The molecular weight excluding hydrogens is 220 g/mol. The fraction of sp³-hybridized carbons (Fsp3) is 0. The first kappa shape index (κ1) is 9.30. The summed E-state index contributed by atoms with van der Waals surface area (Å²) < 4.78 is 5.45. The zero-order valence-electron chi connectivity index (χ0n) is 8.31. The molecule has 0 amide bonds. The summed E-state index contributed by atoms with van der Waals surface area (Å²) in [4.78, 5) is 4.19. The van der Waals surface area contributed by atoms with Crippen molar-refractivity contribution in [1.29, 1.82) is 5.41 Å². The molecule has 0 atom stereocenters. The molecule has 0 fully saturated rings.